The number of para-hydroxylation sites is 2. The smallest absolute Gasteiger partial charge is 0.164 e. The molecule has 0 amide bonds. The highest BCUT2D eigenvalue weighted by atomic mass is 15.0. The van der Waals surface area contributed by atoms with Gasteiger partial charge in [0.2, 0.25) is 0 Å². The van der Waals surface area contributed by atoms with Gasteiger partial charge in [-0.1, -0.05) is 109 Å². The van der Waals surface area contributed by atoms with E-state index in [0.29, 0.717) is 17.5 Å². The number of nitrogens with zero attached hydrogens (tertiary/aromatic N) is 5. The number of fused-ring (bicyclic) bond motifs is 6. The Kier molecular flexibility index (Phi) is 7.00. The van der Waals surface area contributed by atoms with Crippen LogP contribution in [0.15, 0.2) is 146 Å². The second kappa shape index (κ2) is 12.0. The minimum Gasteiger partial charge on any atom is -0.313 e. The van der Waals surface area contributed by atoms with E-state index in [4.69, 9.17) is 15.0 Å². The summed E-state index contributed by atoms with van der Waals surface area (Å²) in [5.41, 5.74) is 13.8. The number of rotatable bonds is 5. The highest BCUT2D eigenvalue weighted by Gasteiger charge is 2.21. The average Bonchev–Trinajstić information content (AvgIpc) is 3.71. The predicted octanol–water partition coefficient (Wildman–Crippen LogP) is 11.5. The van der Waals surface area contributed by atoms with Crippen LogP contribution in [-0.4, -0.2) is 24.1 Å². The summed E-state index contributed by atoms with van der Waals surface area (Å²) in [5, 5.41) is 3.79. The molecule has 52 heavy (non-hydrogen) atoms. The van der Waals surface area contributed by atoms with Crippen LogP contribution in [0.3, 0.4) is 0 Å². The van der Waals surface area contributed by atoms with E-state index in [1.165, 1.54) is 49.7 Å². The molecule has 0 bridgehead atoms. The minimum atomic E-state index is 0.665. The lowest BCUT2D eigenvalue weighted by Gasteiger charge is -2.16. The van der Waals surface area contributed by atoms with Gasteiger partial charge >= 0.3 is 0 Å². The van der Waals surface area contributed by atoms with Crippen LogP contribution in [0.4, 0.5) is 0 Å². The normalized spacial score (nSPS) is 12.6. The van der Waals surface area contributed by atoms with Crippen LogP contribution in [0.5, 0.6) is 0 Å². The molecule has 5 heteroatoms. The van der Waals surface area contributed by atoms with Crippen LogP contribution >= 0.6 is 0 Å². The summed E-state index contributed by atoms with van der Waals surface area (Å²) < 4.78 is 4.88. The van der Waals surface area contributed by atoms with Crippen LogP contribution in [0, 0.1) is 13.8 Å². The Balaban J connectivity index is 1.14. The van der Waals surface area contributed by atoms with Gasteiger partial charge in [-0.3, -0.25) is 0 Å². The van der Waals surface area contributed by atoms with Gasteiger partial charge in [0.05, 0.1) is 16.6 Å². The fourth-order valence-electron chi connectivity index (χ4n) is 8.19. The summed E-state index contributed by atoms with van der Waals surface area (Å²) in [6, 6.07) is 49.4. The van der Waals surface area contributed by atoms with Crippen molar-refractivity contribution in [3.05, 3.63) is 168 Å². The molecular formula is C47H35N5. The standard InChI is InChI=1S/C47H35N5/c1-30-27-35(28-31(2)44(30)47-49-45(32-15-5-3-6-16-32)48-46(50-47)33-17-7-4-8-18-33)52-42-24-14-11-21-38(42)39-29-34(25-26-43(39)52)51-40-22-12-9-19-36(40)37-20-10-13-23-41(37)51/h3-12,14-22,24-29H,13,23H2,1-2H3. The molecule has 0 N–H and O–H groups in total. The van der Waals surface area contributed by atoms with Gasteiger partial charge in [0.15, 0.2) is 17.5 Å². The Morgan fingerprint density at radius 3 is 1.71 bits per heavy atom. The molecule has 1 aliphatic carbocycles. The first-order valence-corrected chi connectivity index (χ1v) is 17.9. The van der Waals surface area contributed by atoms with Crippen molar-refractivity contribution in [1.29, 1.82) is 0 Å². The van der Waals surface area contributed by atoms with E-state index in [9.17, 15) is 0 Å². The van der Waals surface area contributed by atoms with Crippen LogP contribution < -0.4 is 0 Å². The number of benzene rings is 6. The van der Waals surface area contributed by atoms with Crippen molar-refractivity contribution < 1.29 is 0 Å². The van der Waals surface area contributed by atoms with Crippen LogP contribution in [-0.2, 0) is 6.42 Å². The Bertz CT molecular complexity index is 2780. The minimum absolute atomic E-state index is 0.665. The summed E-state index contributed by atoms with van der Waals surface area (Å²) in [6.07, 6.45) is 6.70. The number of hydrogen-bond donors (Lipinski definition) is 0. The first-order chi connectivity index (χ1) is 25.6. The van der Waals surface area contributed by atoms with Crippen molar-refractivity contribution in [3.63, 3.8) is 0 Å². The fourth-order valence-corrected chi connectivity index (χ4v) is 8.19. The van der Waals surface area contributed by atoms with Crippen molar-refractivity contribution >= 4 is 38.8 Å². The third-order valence-electron chi connectivity index (χ3n) is 10.5. The molecule has 0 fully saturated rings. The van der Waals surface area contributed by atoms with Gasteiger partial charge in [0.25, 0.3) is 0 Å². The molecular weight excluding hydrogens is 635 g/mol. The molecule has 5 nitrogen and oxygen atoms in total. The van der Waals surface area contributed by atoms with Crippen molar-refractivity contribution in [2.45, 2.75) is 26.7 Å². The maximum Gasteiger partial charge on any atom is 0.164 e. The zero-order valence-electron chi connectivity index (χ0n) is 29.1. The predicted molar refractivity (Wildman–Crippen MR) is 214 cm³/mol. The number of allylic oxidation sites excluding steroid dienone is 1. The largest absolute Gasteiger partial charge is 0.313 e. The van der Waals surface area contributed by atoms with Crippen LogP contribution in [0.25, 0.3) is 84.3 Å². The molecule has 0 atom stereocenters. The van der Waals surface area contributed by atoms with Crippen molar-refractivity contribution in [2.24, 2.45) is 0 Å². The van der Waals surface area contributed by atoms with Gasteiger partial charge in [0.1, 0.15) is 0 Å². The van der Waals surface area contributed by atoms with Gasteiger partial charge in [-0.2, -0.15) is 0 Å². The van der Waals surface area contributed by atoms with Gasteiger partial charge in [-0.15, -0.1) is 0 Å². The third-order valence-corrected chi connectivity index (χ3v) is 10.5. The third kappa shape index (κ3) is 4.81. The topological polar surface area (TPSA) is 48.5 Å². The molecule has 3 heterocycles. The first kappa shape index (κ1) is 30.3. The lowest BCUT2D eigenvalue weighted by molar-refractivity contribution is 0.889. The summed E-state index contributed by atoms with van der Waals surface area (Å²) in [6.45, 7) is 4.33. The van der Waals surface area contributed by atoms with E-state index < -0.39 is 0 Å². The fraction of sp³-hybridized carbons (Fsp3) is 0.0851. The molecule has 0 spiro atoms. The molecule has 0 saturated heterocycles. The van der Waals surface area contributed by atoms with E-state index in [1.807, 2.05) is 36.4 Å². The summed E-state index contributed by atoms with van der Waals surface area (Å²) in [4.78, 5) is 15.0. The van der Waals surface area contributed by atoms with E-state index in [0.717, 1.165) is 46.3 Å². The number of aromatic nitrogens is 5. The lowest BCUT2D eigenvalue weighted by atomic mass is 10.0. The van der Waals surface area contributed by atoms with E-state index in [1.54, 1.807) is 0 Å². The summed E-state index contributed by atoms with van der Waals surface area (Å²) in [7, 11) is 0. The maximum absolute atomic E-state index is 5.06. The molecule has 0 unspecified atom stereocenters. The zero-order chi connectivity index (χ0) is 34.8. The lowest BCUT2D eigenvalue weighted by Crippen LogP contribution is -2.04. The second-order valence-electron chi connectivity index (χ2n) is 13.7. The summed E-state index contributed by atoms with van der Waals surface area (Å²) >= 11 is 0. The van der Waals surface area contributed by atoms with E-state index in [-0.39, 0.29) is 0 Å². The summed E-state index contributed by atoms with van der Waals surface area (Å²) in [5.74, 6) is 2.01. The first-order valence-electron chi connectivity index (χ1n) is 17.9. The van der Waals surface area contributed by atoms with Crippen molar-refractivity contribution in [1.82, 2.24) is 24.1 Å². The molecule has 0 radical (unpaired) electrons. The SMILES string of the molecule is Cc1cc(-n2c3ccccc3c3cc(-n4c5c(c6ccccc64)C=CCC5)ccc32)cc(C)c1-c1nc(-c2ccccc2)nc(-c2ccccc2)n1. The molecule has 9 aromatic rings. The Labute approximate surface area is 302 Å². The second-order valence-corrected chi connectivity index (χ2v) is 13.7. The molecule has 10 rings (SSSR count). The van der Waals surface area contributed by atoms with Crippen molar-refractivity contribution in [3.8, 4) is 45.5 Å². The number of hydrogen-bond acceptors (Lipinski definition) is 3. The Morgan fingerprint density at radius 1 is 0.481 bits per heavy atom. The van der Waals surface area contributed by atoms with Gasteiger partial charge in [-0.05, 0) is 80.3 Å². The van der Waals surface area contributed by atoms with Crippen LogP contribution in [0.2, 0.25) is 0 Å². The van der Waals surface area contributed by atoms with E-state index in [2.05, 4.69) is 138 Å². The van der Waals surface area contributed by atoms with E-state index >= 15 is 0 Å². The van der Waals surface area contributed by atoms with Crippen LogP contribution in [0.1, 0.15) is 28.8 Å². The Hall–Kier alpha value is -6.59. The molecule has 1 aliphatic rings. The highest BCUT2D eigenvalue weighted by Crippen LogP contribution is 2.39. The molecule has 6 aromatic carbocycles. The quantitative estimate of drug-likeness (QED) is 0.183. The molecule has 0 saturated carbocycles. The van der Waals surface area contributed by atoms with Gasteiger partial charge in [0, 0.05) is 55.5 Å². The highest BCUT2D eigenvalue weighted by molar-refractivity contribution is 6.10. The molecule has 3 aromatic heterocycles. The molecule has 248 valence electrons. The molecule has 0 aliphatic heterocycles. The number of aryl methyl sites for hydroxylation is 2. The Morgan fingerprint density at radius 2 is 1.04 bits per heavy atom. The maximum atomic E-state index is 5.06. The van der Waals surface area contributed by atoms with Gasteiger partial charge in [-0.25, -0.2) is 15.0 Å². The average molecular weight is 670 g/mol. The van der Waals surface area contributed by atoms with Gasteiger partial charge < -0.3 is 9.13 Å². The zero-order valence-corrected chi connectivity index (χ0v) is 29.1. The monoisotopic (exact) mass is 669 g/mol. The van der Waals surface area contributed by atoms with Crippen molar-refractivity contribution in [2.75, 3.05) is 0 Å².